The van der Waals surface area contributed by atoms with Gasteiger partial charge in [-0.25, -0.2) is 4.79 Å². The average molecular weight is 569 g/mol. The molecule has 2 aliphatic carbocycles. The minimum atomic E-state index is -4.70. The van der Waals surface area contributed by atoms with Gasteiger partial charge in [0.25, 0.3) is 5.91 Å². The van der Waals surface area contributed by atoms with Crippen molar-refractivity contribution >= 4 is 29.5 Å². The monoisotopic (exact) mass is 568 g/mol. The molecule has 0 saturated heterocycles. The number of rotatable bonds is 7. The number of carbonyl (C=O) groups excluding carboxylic acids is 4. The Morgan fingerprint density at radius 2 is 1.48 bits per heavy atom. The minimum Gasteiger partial charge on any atom is -0.444 e. The number of anilines is 1. The van der Waals surface area contributed by atoms with Gasteiger partial charge in [0, 0.05) is 12.0 Å². The number of benzene rings is 1. The summed E-state index contributed by atoms with van der Waals surface area (Å²) in [6, 6.07) is 1.78. The van der Waals surface area contributed by atoms with Crippen molar-refractivity contribution in [2.45, 2.75) is 102 Å². The Hall–Kier alpha value is -3.31. The van der Waals surface area contributed by atoms with Crippen LogP contribution in [0.5, 0.6) is 0 Å². The van der Waals surface area contributed by atoms with E-state index in [1.165, 1.54) is 0 Å². The summed E-state index contributed by atoms with van der Waals surface area (Å²) >= 11 is 0. The van der Waals surface area contributed by atoms with Crippen LogP contribution in [-0.4, -0.2) is 48.0 Å². The highest BCUT2D eigenvalue weighted by Crippen LogP contribution is 2.33. The van der Waals surface area contributed by atoms with E-state index in [0.717, 1.165) is 44.2 Å². The van der Waals surface area contributed by atoms with E-state index < -0.39 is 47.8 Å². The van der Waals surface area contributed by atoms with Crippen molar-refractivity contribution in [2.24, 2.45) is 5.92 Å². The molecular formula is C28H39F3N4O5. The summed E-state index contributed by atoms with van der Waals surface area (Å²) in [6.45, 7) is 4.73. The molecule has 0 aromatic heterocycles. The van der Waals surface area contributed by atoms with Crippen LogP contribution in [0.25, 0.3) is 0 Å². The summed E-state index contributed by atoms with van der Waals surface area (Å²) in [4.78, 5) is 50.6. The normalized spacial score (nSPS) is 20.2. The van der Waals surface area contributed by atoms with Gasteiger partial charge in [0.2, 0.25) is 11.8 Å². The van der Waals surface area contributed by atoms with Crippen LogP contribution in [0.1, 0.15) is 94.5 Å². The summed E-state index contributed by atoms with van der Waals surface area (Å²) in [5, 5.41) is 10.6. The van der Waals surface area contributed by atoms with Crippen molar-refractivity contribution in [1.29, 1.82) is 0 Å². The quantitative estimate of drug-likeness (QED) is 0.372. The number of carbonyl (C=O) groups is 4. The summed E-state index contributed by atoms with van der Waals surface area (Å²) < 4.78 is 45.5. The molecule has 1 aromatic rings. The van der Waals surface area contributed by atoms with Gasteiger partial charge in [0.05, 0.1) is 29.4 Å². The van der Waals surface area contributed by atoms with Crippen LogP contribution in [0.2, 0.25) is 0 Å². The molecule has 9 nitrogen and oxygen atoms in total. The van der Waals surface area contributed by atoms with E-state index in [0.29, 0.717) is 31.7 Å². The SMILES string of the molecule is CC(C)(C)OC(=O)N[C@@H]1CCCC[C@@H]1NC(=O)CNC(=O)c1cc(C(F)(F)F)ccc1NC(=O)C1CCCCC1. The smallest absolute Gasteiger partial charge is 0.416 e. The predicted molar refractivity (Wildman–Crippen MR) is 143 cm³/mol. The maximum absolute atomic E-state index is 13.4. The maximum Gasteiger partial charge on any atom is 0.416 e. The second-order valence-corrected chi connectivity index (χ2v) is 11.5. The number of hydrogen-bond acceptors (Lipinski definition) is 5. The Bertz CT molecular complexity index is 1080. The van der Waals surface area contributed by atoms with E-state index in [1.54, 1.807) is 20.8 Å². The Labute approximate surface area is 232 Å². The van der Waals surface area contributed by atoms with Crippen LogP contribution in [-0.2, 0) is 20.5 Å². The molecular weight excluding hydrogens is 529 g/mol. The van der Waals surface area contributed by atoms with E-state index in [1.807, 2.05) is 0 Å². The summed E-state index contributed by atoms with van der Waals surface area (Å²) in [5.74, 6) is -2.09. The molecule has 0 radical (unpaired) electrons. The van der Waals surface area contributed by atoms with Crippen LogP contribution >= 0.6 is 0 Å². The zero-order chi connectivity index (χ0) is 29.5. The van der Waals surface area contributed by atoms with Gasteiger partial charge in [-0.15, -0.1) is 0 Å². The van der Waals surface area contributed by atoms with Gasteiger partial charge in [-0.1, -0.05) is 32.1 Å². The predicted octanol–water partition coefficient (Wildman–Crippen LogP) is 4.91. The number of alkyl halides is 3. The summed E-state index contributed by atoms with van der Waals surface area (Å²) in [5.41, 5.74) is -2.15. The van der Waals surface area contributed by atoms with E-state index in [4.69, 9.17) is 4.74 Å². The molecule has 2 aliphatic rings. The molecule has 4 N–H and O–H groups in total. The molecule has 1 aromatic carbocycles. The Morgan fingerprint density at radius 1 is 0.875 bits per heavy atom. The third-order valence-corrected chi connectivity index (χ3v) is 7.05. The van der Waals surface area contributed by atoms with Crippen molar-refractivity contribution < 1.29 is 37.1 Å². The second kappa shape index (κ2) is 13.4. The van der Waals surface area contributed by atoms with E-state index in [-0.39, 0.29) is 29.1 Å². The maximum atomic E-state index is 13.4. The molecule has 0 aliphatic heterocycles. The first kappa shape index (κ1) is 31.2. The molecule has 2 saturated carbocycles. The van der Waals surface area contributed by atoms with Crippen molar-refractivity contribution in [3.63, 3.8) is 0 Å². The first-order valence-electron chi connectivity index (χ1n) is 13.8. The first-order valence-corrected chi connectivity index (χ1v) is 13.8. The minimum absolute atomic E-state index is 0.0459. The zero-order valence-electron chi connectivity index (χ0n) is 23.2. The van der Waals surface area contributed by atoms with Gasteiger partial charge in [-0.3, -0.25) is 14.4 Å². The highest BCUT2D eigenvalue weighted by molar-refractivity contribution is 6.05. The Kier molecular flexibility index (Phi) is 10.4. The van der Waals surface area contributed by atoms with Crippen molar-refractivity contribution in [3.05, 3.63) is 29.3 Å². The van der Waals surface area contributed by atoms with Crippen LogP contribution in [0.4, 0.5) is 23.7 Å². The highest BCUT2D eigenvalue weighted by atomic mass is 19.4. The van der Waals surface area contributed by atoms with Crippen LogP contribution in [0.15, 0.2) is 18.2 Å². The fourth-order valence-electron chi connectivity index (χ4n) is 5.07. The topological polar surface area (TPSA) is 126 Å². The zero-order valence-corrected chi connectivity index (χ0v) is 23.2. The van der Waals surface area contributed by atoms with Gasteiger partial charge in [0.15, 0.2) is 0 Å². The van der Waals surface area contributed by atoms with Crippen LogP contribution in [0.3, 0.4) is 0 Å². The van der Waals surface area contributed by atoms with Crippen molar-refractivity contribution in [1.82, 2.24) is 16.0 Å². The average Bonchev–Trinajstić information content (AvgIpc) is 2.87. The van der Waals surface area contributed by atoms with Crippen molar-refractivity contribution in [3.8, 4) is 0 Å². The number of ether oxygens (including phenoxy) is 1. The Morgan fingerprint density at radius 3 is 2.08 bits per heavy atom. The first-order chi connectivity index (χ1) is 18.7. The molecule has 12 heteroatoms. The number of alkyl carbamates (subject to hydrolysis) is 1. The van der Waals surface area contributed by atoms with E-state index in [9.17, 15) is 32.3 Å². The fraction of sp³-hybridized carbons (Fsp3) is 0.643. The third-order valence-electron chi connectivity index (χ3n) is 7.05. The molecule has 0 unspecified atom stereocenters. The fourth-order valence-corrected chi connectivity index (χ4v) is 5.07. The summed E-state index contributed by atoms with van der Waals surface area (Å²) in [7, 11) is 0. The Balaban J connectivity index is 1.64. The number of halogens is 3. The molecule has 40 heavy (non-hydrogen) atoms. The third kappa shape index (κ3) is 9.41. The molecule has 4 amide bonds. The molecule has 3 rings (SSSR count). The summed E-state index contributed by atoms with van der Waals surface area (Å²) in [6.07, 6.45) is 1.79. The van der Waals surface area contributed by atoms with Crippen molar-refractivity contribution in [2.75, 3.05) is 11.9 Å². The molecule has 222 valence electrons. The number of hydrogen-bond donors (Lipinski definition) is 4. The largest absolute Gasteiger partial charge is 0.444 e. The molecule has 2 fully saturated rings. The highest BCUT2D eigenvalue weighted by Gasteiger charge is 2.33. The van der Waals surface area contributed by atoms with Gasteiger partial charge in [0.1, 0.15) is 5.60 Å². The van der Waals surface area contributed by atoms with E-state index >= 15 is 0 Å². The van der Waals surface area contributed by atoms with Crippen LogP contribution in [0, 0.1) is 5.92 Å². The number of nitrogens with one attached hydrogen (secondary N) is 4. The number of amides is 4. The lowest BCUT2D eigenvalue weighted by molar-refractivity contribution is -0.137. The lowest BCUT2D eigenvalue weighted by Crippen LogP contribution is -2.55. The standard InChI is InChI=1S/C28H39F3N4O5/c1-27(2,3)40-26(39)35-22-12-8-7-11-21(22)33-23(36)16-32-25(38)19-15-18(28(29,30)31)13-14-20(19)34-24(37)17-9-5-4-6-10-17/h13-15,17,21-22H,4-12,16H2,1-3H3,(H,32,38)(H,33,36)(H,34,37)(H,35,39)/t21-,22+/m0/s1. The molecule has 0 spiro atoms. The van der Waals surface area contributed by atoms with E-state index in [2.05, 4.69) is 21.3 Å². The van der Waals surface area contributed by atoms with Gasteiger partial charge < -0.3 is 26.0 Å². The van der Waals surface area contributed by atoms with Gasteiger partial charge >= 0.3 is 12.3 Å². The molecule has 0 heterocycles. The molecule has 0 bridgehead atoms. The second-order valence-electron chi connectivity index (χ2n) is 11.5. The van der Waals surface area contributed by atoms with Gasteiger partial charge in [-0.2, -0.15) is 13.2 Å². The lowest BCUT2D eigenvalue weighted by atomic mass is 9.88. The lowest BCUT2D eigenvalue weighted by Gasteiger charge is -2.33. The van der Waals surface area contributed by atoms with Crippen LogP contribution < -0.4 is 21.3 Å². The molecule has 2 atom stereocenters. The van der Waals surface area contributed by atoms with Gasteiger partial charge in [-0.05, 0) is 64.7 Å².